The van der Waals surface area contributed by atoms with E-state index in [0.29, 0.717) is 29.9 Å². The van der Waals surface area contributed by atoms with E-state index in [4.69, 9.17) is 30.5 Å². The third-order valence-electron chi connectivity index (χ3n) is 4.72. The molecule has 2 aliphatic heterocycles. The number of benzene rings is 1. The van der Waals surface area contributed by atoms with Gasteiger partial charge in [-0.1, -0.05) is 11.6 Å². The van der Waals surface area contributed by atoms with Gasteiger partial charge in [-0.15, -0.1) is 0 Å². The Morgan fingerprint density at radius 3 is 2.89 bits per heavy atom. The lowest BCUT2D eigenvalue weighted by Gasteiger charge is -2.20. The van der Waals surface area contributed by atoms with E-state index in [1.807, 2.05) is 12.1 Å². The lowest BCUT2D eigenvalue weighted by molar-refractivity contribution is 0.0888. The topological polar surface area (TPSA) is 73.3 Å². The van der Waals surface area contributed by atoms with Crippen LogP contribution in [0.2, 0.25) is 5.02 Å². The van der Waals surface area contributed by atoms with Gasteiger partial charge in [0.15, 0.2) is 17.5 Å². The molecule has 1 aromatic carbocycles. The van der Waals surface area contributed by atoms with E-state index in [-0.39, 0.29) is 0 Å². The van der Waals surface area contributed by atoms with E-state index in [2.05, 4.69) is 15.6 Å². The maximum atomic E-state index is 6.29. The zero-order chi connectivity index (χ0) is 19.6. The van der Waals surface area contributed by atoms with Crippen LogP contribution in [-0.2, 0) is 15.9 Å². The van der Waals surface area contributed by atoms with Crippen LogP contribution in [0.5, 0.6) is 11.5 Å². The molecule has 1 saturated heterocycles. The molecule has 0 bridgehead atoms. The van der Waals surface area contributed by atoms with Crippen molar-refractivity contribution in [2.45, 2.75) is 19.3 Å². The summed E-state index contributed by atoms with van der Waals surface area (Å²) in [5.74, 6) is 2.72. The Bertz CT molecular complexity index is 651. The van der Waals surface area contributed by atoms with E-state index < -0.39 is 0 Å². The zero-order valence-corrected chi connectivity index (χ0v) is 17.2. The summed E-state index contributed by atoms with van der Waals surface area (Å²) in [5, 5.41) is 7.22. The highest BCUT2D eigenvalue weighted by Gasteiger charge is 2.17. The second-order valence-electron chi connectivity index (χ2n) is 6.94. The largest absolute Gasteiger partial charge is 0.486 e. The molecule has 1 fully saturated rings. The lowest BCUT2D eigenvalue weighted by Crippen LogP contribution is -2.39. The first-order valence-electron chi connectivity index (χ1n) is 9.94. The van der Waals surface area contributed by atoms with E-state index >= 15 is 0 Å². The van der Waals surface area contributed by atoms with Gasteiger partial charge in [-0.25, -0.2) is 0 Å². The second-order valence-corrected chi connectivity index (χ2v) is 7.34. The summed E-state index contributed by atoms with van der Waals surface area (Å²) in [4.78, 5) is 4.25. The van der Waals surface area contributed by atoms with Gasteiger partial charge in [-0.2, -0.15) is 0 Å². The monoisotopic (exact) mass is 411 g/mol. The van der Waals surface area contributed by atoms with Crippen LogP contribution in [-0.4, -0.2) is 65.7 Å². The van der Waals surface area contributed by atoms with Crippen LogP contribution >= 0.6 is 11.6 Å². The first-order chi connectivity index (χ1) is 13.8. The van der Waals surface area contributed by atoms with Crippen LogP contribution in [0.1, 0.15) is 18.4 Å². The summed E-state index contributed by atoms with van der Waals surface area (Å²) < 4.78 is 22.2. The predicted octanol–water partition coefficient (Wildman–Crippen LogP) is 2.26. The van der Waals surface area contributed by atoms with Crippen molar-refractivity contribution in [3.8, 4) is 11.5 Å². The quantitative estimate of drug-likeness (QED) is 0.369. The van der Waals surface area contributed by atoms with Gasteiger partial charge in [0.05, 0.1) is 18.2 Å². The molecule has 1 aromatic rings. The van der Waals surface area contributed by atoms with Gasteiger partial charge in [-0.3, -0.25) is 4.99 Å². The average Bonchev–Trinajstić information content (AvgIpc) is 3.23. The molecule has 0 saturated carbocycles. The Kier molecular flexibility index (Phi) is 8.51. The molecule has 3 rings (SSSR count). The molecule has 0 amide bonds. The van der Waals surface area contributed by atoms with Crippen LogP contribution in [0.25, 0.3) is 0 Å². The highest BCUT2D eigenvalue weighted by molar-refractivity contribution is 6.32. The molecule has 2 N–H and O–H groups in total. The molecule has 28 heavy (non-hydrogen) atoms. The third-order valence-corrected chi connectivity index (χ3v) is 5.00. The number of nitrogens with zero attached hydrogens (tertiary/aromatic N) is 1. The molecule has 8 heteroatoms. The zero-order valence-electron chi connectivity index (χ0n) is 16.5. The van der Waals surface area contributed by atoms with Crippen molar-refractivity contribution in [2.24, 2.45) is 10.9 Å². The number of hydrogen-bond donors (Lipinski definition) is 2. The van der Waals surface area contributed by atoms with Crippen LogP contribution in [0.3, 0.4) is 0 Å². The van der Waals surface area contributed by atoms with Gasteiger partial charge in [-0.05, 0) is 37.0 Å². The highest BCUT2D eigenvalue weighted by Crippen LogP contribution is 2.38. The van der Waals surface area contributed by atoms with Crippen molar-refractivity contribution >= 4 is 17.6 Å². The fraction of sp³-hybridized carbons (Fsp3) is 0.650. The number of rotatable bonds is 9. The summed E-state index contributed by atoms with van der Waals surface area (Å²) >= 11 is 6.29. The summed E-state index contributed by atoms with van der Waals surface area (Å²) in [6.45, 7) is 5.90. The maximum absolute atomic E-state index is 6.29. The van der Waals surface area contributed by atoms with Gasteiger partial charge >= 0.3 is 0 Å². The van der Waals surface area contributed by atoms with Crippen molar-refractivity contribution in [1.29, 1.82) is 0 Å². The normalized spacial score (nSPS) is 18.9. The van der Waals surface area contributed by atoms with Crippen LogP contribution in [0, 0.1) is 5.92 Å². The molecule has 1 unspecified atom stereocenters. The summed E-state index contributed by atoms with van der Waals surface area (Å²) in [6.07, 6.45) is 2.86. The summed E-state index contributed by atoms with van der Waals surface area (Å²) in [5.41, 5.74) is 1.10. The Hall–Kier alpha value is -1.70. The third kappa shape index (κ3) is 6.43. The Morgan fingerprint density at radius 1 is 1.21 bits per heavy atom. The number of hydrogen-bond acceptors (Lipinski definition) is 5. The molecule has 0 radical (unpaired) electrons. The number of ether oxygens (including phenoxy) is 4. The molecule has 1 atom stereocenters. The minimum atomic E-state index is 0.537. The summed E-state index contributed by atoms with van der Waals surface area (Å²) in [6, 6.07) is 3.92. The molecule has 0 aromatic heterocycles. The van der Waals surface area contributed by atoms with Gasteiger partial charge in [0.25, 0.3) is 0 Å². The highest BCUT2D eigenvalue weighted by atomic mass is 35.5. The maximum Gasteiger partial charge on any atom is 0.190 e. The first-order valence-corrected chi connectivity index (χ1v) is 10.3. The van der Waals surface area contributed by atoms with Crippen molar-refractivity contribution < 1.29 is 18.9 Å². The molecule has 7 nitrogen and oxygen atoms in total. The van der Waals surface area contributed by atoms with Gasteiger partial charge in [0.1, 0.15) is 13.2 Å². The number of halogens is 1. The van der Waals surface area contributed by atoms with Crippen molar-refractivity contribution in [2.75, 3.05) is 59.8 Å². The van der Waals surface area contributed by atoms with Crippen molar-refractivity contribution in [1.82, 2.24) is 10.6 Å². The number of nitrogens with one attached hydrogen (secondary N) is 2. The Morgan fingerprint density at radius 2 is 2.07 bits per heavy atom. The second kappa shape index (κ2) is 11.3. The smallest absolute Gasteiger partial charge is 0.190 e. The molecular weight excluding hydrogens is 382 g/mol. The average molecular weight is 412 g/mol. The molecule has 156 valence electrons. The fourth-order valence-corrected chi connectivity index (χ4v) is 3.49. The minimum absolute atomic E-state index is 0.537. The van der Waals surface area contributed by atoms with E-state index in [9.17, 15) is 0 Å². The predicted molar refractivity (Wildman–Crippen MR) is 110 cm³/mol. The van der Waals surface area contributed by atoms with Gasteiger partial charge < -0.3 is 29.6 Å². The Balaban J connectivity index is 1.30. The number of fused-ring (bicyclic) bond motifs is 1. The molecule has 0 aliphatic carbocycles. The van der Waals surface area contributed by atoms with Crippen molar-refractivity contribution in [3.63, 3.8) is 0 Å². The van der Waals surface area contributed by atoms with Crippen LogP contribution in [0.15, 0.2) is 17.1 Å². The van der Waals surface area contributed by atoms with Crippen LogP contribution in [0.4, 0.5) is 0 Å². The number of guanidine groups is 1. The molecule has 0 spiro atoms. The Labute approximate surface area is 171 Å². The first kappa shape index (κ1) is 21.0. The van der Waals surface area contributed by atoms with Crippen molar-refractivity contribution in [3.05, 3.63) is 22.7 Å². The molecule has 2 aliphatic rings. The van der Waals surface area contributed by atoms with Gasteiger partial charge in [0.2, 0.25) is 0 Å². The standard InChI is InChI=1S/C20H30ClN3O4/c1-22-20(23-5-2-7-25-13-16-4-8-26-14-16)24-6-3-15-11-17(21)19-18(12-15)27-9-10-28-19/h11-12,16H,2-10,13-14H2,1H3,(H2,22,23,24). The fourth-order valence-electron chi connectivity index (χ4n) is 3.20. The van der Waals surface area contributed by atoms with E-state index in [0.717, 1.165) is 76.1 Å². The SMILES string of the molecule is CN=C(NCCCOCC1CCOC1)NCCc1cc(Cl)c2c(c1)OCCO2. The van der Waals surface area contributed by atoms with E-state index in [1.54, 1.807) is 7.05 Å². The number of aliphatic imine (C=N–C) groups is 1. The molecule has 2 heterocycles. The molecular formula is C20H30ClN3O4. The summed E-state index contributed by atoms with van der Waals surface area (Å²) in [7, 11) is 1.77. The van der Waals surface area contributed by atoms with E-state index in [1.165, 1.54) is 0 Å². The lowest BCUT2D eigenvalue weighted by atomic mass is 10.1. The van der Waals surface area contributed by atoms with Crippen LogP contribution < -0.4 is 20.1 Å². The minimum Gasteiger partial charge on any atom is -0.486 e. The van der Waals surface area contributed by atoms with Gasteiger partial charge in [0, 0.05) is 39.3 Å².